The fourth-order valence-corrected chi connectivity index (χ4v) is 1.91. The van der Waals surface area contributed by atoms with Gasteiger partial charge < -0.3 is 4.74 Å². The van der Waals surface area contributed by atoms with Crippen molar-refractivity contribution in [3.05, 3.63) is 42.0 Å². The maximum absolute atomic E-state index is 5.22. The predicted octanol–water partition coefficient (Wildman–Crippen LogP) is 4.36. The quantitative estimate of drug-likeness (QED) is 0.737. The predicted molar refractivity (Wildman–Crippen MR) is 69.2 cm³/mol. The molecule has 2 rings (SSSR count). The molecular formula is C15H18O. The third kappa shape index (κ3) is 2.04. The van der Waals surface area contributed by atoms with Crippen LogP contribution in [-0.2, 0) is 0 Å². The van der Waals surface area contributed by atoms with E-state index in [9.17, 15) is 0 Å². The van der Waals surface area contributed by atoms with E-state index in [0.717, 1.165) is 5.75 Å². The fraction of sp³-hybridized carbons (Fsp3) is 0.333. The Kier molecular flexibility index (Phi) is 3.14. The lowest BCUT2D eigenvalue weighted by molar-refractivity contribution is 0.415. The first-order chi connectivity index (χ1) is 7.74. The first-order valence-corrected chi connectivity index (χ1v) is 5.82. The Morgan fingerprint density at radius 1 is 1.06 bits per heavy atom. The van der Waals surface area contributed by atoms with Crippen LogP contribution >= 0.6 is 0 Å². The molecule has 84 valence electrons. The van der Waals surface area contributed by atoms with Gasteiger partial charge in [-0.25, -0.2) is 0 Å². The van der Waals surface area contributed by atoms with E-state index in [4.69, 9.17) is 4.74 Å². The van der Waals surface area contributed by atoms with Gasteiger partial charge in [-0.2, -0.15) is 0 Å². The molecule has 0 spiro atoms. The lowest BCUT2D eigenvalue weighted by Crippen LogP contribution is -1.91. The molecule has 0 saturated heterocycles. The molecule has 0 radical (unpaired) electrons. The Bertz CT molecular complexity index is 488. The normalized spacial score (nSPS) is 12.7. The topological polar surface area (TPSA) is 9.23 Å². The molecule has 0 fully saturated rings. The summed E-state index contributed by atoms with van der Waals surface area (Å²) in [6, 6.07) is 12.9. The molecule has 1 nitrogen and oxygen atoms in total. The molecule has 1 heteroatoms. The molecule has 0 N–H and O–H groups in total. The zero-order valence-electron chi connectivity index (χ0n) is 10.2. The summed E-state index contributed by atoms with van der Waals surface area (Å²) < 4.78 is 5.22. The highest BCUT2D eigenvalue weighted by atomic mass is 16.5. The Morgan fingerprint density at radius 2 is 1.75 bits per heavy atom. The van der Waals surface area contributed by atoms with E-state index in [1.165, 1.54) is 22.8 Å². The van der Waals surface area contributed by atoms with E-state index >= 15 is 0 Å². The van der Waals surface area contributed by atoms with E-state index in [1.807, 2.05) is 6.07 Å². The molecule has 0 aliphatic carbocycles. The minimum atomic E-state index is 0.631. The number of methoxy groups -OCH3 is 1. The summed E-state index contributed by atoms with van der Waals surface area (Å²) in [4.78, 5) is 0. The molecule has 0 amide bonds. The molecule has 0 heterocycles. The van der Waals surface area contributed by atoms with Crippen LogP contribution in [0.1, 0.15) is 31.7 Å². The van der Waals surface area contributed by atoms with Crippen LogP contribution in [0.15, 0.2) is 36.4 Å². The van der Waals surface area contributed by atoms with Crippen LogP contribution < -0.4 is 4.74 Å². The van der Waals surface area contributed by atoms with Gasteiger partial charge in [-0.3, -0.25) is 0 Å². The van der Waals surface area contributed by atoms with Gasteiger partial charge in [-0.05, 0) is 40.8 Å². The van der Waals surface area contributed by atoms with Gasteiger partial charge in [0.25, 0.3) is 0 Å². The maximum atomic E-state index is 5.22. The van der Waals surface area contributed by atoms with Crippen LogP contribution in [0.2, 0.25) is 0 Å². The van der Waals surface area contributed by atoms with Gasteiger partial charge in [0, 0.05) is 0 Å². The number of hydrogen-bond acceptors (Lipinski definition) is 1. The summed E-state index contributed by atoms with van der Waals surface area (Å²) in [6.07, 6.45) is 1.18. The van der Waals surface area contributed by atoms with Gasteiger partial charge in [0.2, 0.25) is 0 Å². The first-order valence-electron chi connectivity index (χ1n) is 5.82. The highest BCUT2D eigenvalue weighted by Crippen LogP contribution is 2.26. The highest BCUT2D eigenvalue weighted by molar-refractivity contribution is 5.84. The molecule has 0 saturated carbocycles. The van der Waals surface area contributed by atoms with Gasteiger partial charge in [-0.15, -0.1) is 0 Å². The first kappa shape index (κ1) is 11.0. The van der Waals surface area contributed by atoms with Crippen molar-refractivity contribution in [3.8, 4) is 5.75 Å². The molecule has 2 aromatic carbocycles. The van der Waals surface area contributed by atoms with Crippen molar-refractivity contribution in [3.63, 3.8) is 0 Å². The highest BCUT2D eigenvalue weighted by Gasteiger charge is 2.04. The number of fused-ring (bicyclic) bond motifs is 1. The fourth-order valence-electron chi connectivity index (χ4n) is 1.91. The molecule has 0 bridgehead atoms. The smallest absolute Gasteiger partial charge is 0.119 e. The Labute approximate surface area is 97.1 Å². The van der Waals surface area contributed by atoms with Crippen molar-refractivity contribution in [1.29, 1.82) is 0 Å². The van der Waals surface area contributed by atoms with E-state index in [2.05, 4.69) is 44.2 Å². The van der Waals surface area contributed by atoms with Crippen LogP contribution in [0.3, 0.4) is 0 Å². The molecule has 0 aliphatic rings. The summed E-state index contributed by atoms with van der Waals surface area (Å²) in [6.45, 7) is 4.49. The van der Waals surface area contributed by atoms with E-state index in [-0.39, 0.29) is 0 Å². The van der Waals surface area contributed by atoms with E-state index < -0.39 is 0 Å². The summed E-state index contributed by atoms with van der Waals surface area (Å²) in [5.41, 5.74) is 1.42. The van der Waals surface area contributed by atoms with Gasteiger partial charge in [0.05, 0.1) is 7.11 Å². The third-order valence-electron chi connectivity index (χ3n) is 3.25. The number of rotatable bonds is 3. The van der Waals surface area contributed by atoms with Crippen molar-refractivity contribution in [2.24, 2.45) is 0 Å². The summed E-state index contributed by atoms with van der Waals surface area (Å²) in [7, 11) is 1.70. The minimum Gasteiger partial charge on any atom is -0.497 e. The largest absolute Gasteiger partial charge is 0.497 e. The van der Waals surface area contributed by atoms with Crippen molar-refractivity contribution < 1.29 is 4.74 Å². The number of benzene rings is 2. The van der Waals surface area contributed by atoms with Gasteiger partial charge in [0.1, 0.15) is 5.75 Å². The molecule has 0 aromatic heterocycles. The van der Waals surface area contributed by atoms with Gasteiger partial charge in [0.15, 0.2) is 0 Å². The third-order valence-corrected chi connectivity index (χ3v) is 3.25. The van der Waals surface area contributed by atoms with Crippen LogP contribution in [0.5, 0.6) is 5.75 Å². The lowest BCUT2D eigenvalue weighted by atomic mass is 9.96. The van der Waals surface area contributed by atoms with E-state index in [1.54, 1.807) is 7.11 Å². The monoisotopic (exact) mass is 214 g/mol. The second-order valence-electron chi connectivity index (χ2n) is 4.28. The number of ether oxygens (including phenoxy) is 1. The van der Waals surface area contributed by atoms with Crippen LogP contribution in [0, 0.1) is 0 Å². The van der Waals surface area contributed by atoms with Crippen molar-refractivity contribution in [2.75, 3.05) is 7.11 Å². The Balaban J connectivity index is 2.47. The zero-order chi connectivity index (χ0) is 11.5. The number of hydrogen-bond donors (Lipinski definition) is 0. The summed E-state index contributed by atoms with van der Waals surface area (Å²) in [5, 5.41) is 2.53. The second-order valence-corrected chi connectivity index (χ2v) is 4.28. The average molecular weight is 214 g/mol. The summed E-state index contributed by atoms with van der Waals surface area (Å²) >= 11 is 0. The van der Waals surface area contributed by atoms with Crippen LogP contribution in [0.4, 0.5) is 0 Å². The second kappa shape index (κ2) is 4.56. The minimum absolute atomic E-state index is 0.631. The van der Waals surface area contributed by atoms with Crippen LogP contribution in [0.25, 0.3) is 10.8 Å². The average Bonchev–Trinajstić information content (AvgIpc) is 2.36. The summed E-state index contributed by atoms with van der Waals surface area (Å²) in [5.74, 6) is 1.55. The molecular weight excluding hydrogens is 196 g/mol. The van der Waals surface area contributed by atoms with Gasteiger partial charge >= 0.3 is 0 Å². The van der Waals surface area contributed by atoms with Crippen LogP contribution in [-0.4, -0.2) is 7.11 Å². The molecule has 1 atom stereocenters. The lowest BCUT2D eigenvalue weighted by Gasteiger charge is -2.10. The molecule has 1 unspecified atom stereocenters. The van der Waals surface area contributed by atoms with Gasteiger partial charge in [-0.1, -0.05) is 38.1 Å². The SMILES string of the molecule is CCC(C)c1ccc2cc(OC)ccc2c1. The zero-order valence-corrected chi connectivity index (χ0v) is 10.2. The Morgan fingerprint density at radius 3 is 2.44 bits per heavy atom. The maximum Gasteiger partial charge on any atom is 0.119 e. The van der Waals surface area contributed by atoms with Crippen molar-refractivity contribution in [1.82, 2.24) is 0 Å². The van der Waals surface area contributed by atoms with Crippen molar-refractivity contribution >= 4 is 10.8 Å². The van der Waals surface area contributed by atoms with E-state index in [0.29, 0.717) is 5.92 Å². The molecule has 2 aromatic rings. The Hall–Kier alpha value is -1.50. The molecule has 16 heavy (non-hydrogen) atoms. The molecule has 0 aliphatic heterocycles. The van der Waals surface area contributed by atoms with Crippen molar-refractivity contribution in [2.45, 2.75) is 26.2 Å². The standard InChI is InChI=1S/C15H18O/c1-4-11(2)12-5-6-14-10-15(16-3)8-7-13(14)9-12/h5-11H,4H2,1-3H3.